The summed E-state index contributed by atoms with van der Waals surface area (Å²) >= 11 is 3.37. The molecule has 0 amide bonds. The standard InChI is InChI=1S/C15H11BrO/c16-14-8-4-7-13(11-14)15(17)10-9-12-5-2-1-3-6-12/h1-8,11,15,17H/t15-/m0/s1. The molecule has 0 spiro atoms. The maximum Gasteiger partial charge on any atom is 0.140 e. The van der Waals surface area contributed by atoms with E-state index >= 15 is 0 Å². The summed E-state index contributed by atoms with van der Waals surface area (Å²) in [7, 11) is 0. The van der Waals surface area contributed by atoms with E-state index in [4.69, 9.17) is 0 Å². The van der Waals surface area contributed by atoms with Gasteiger partial charge in [0.2, 0.25) is 0 Å². The zero-order chi connectivity index (χ0) is 12.1. The first-order valence-electron chi connectivity index (χ1n) is 5.26. The normalized spacial score (nSPS) is 11.4. The predicted octanol–water partition coefficient (Wildman–Crippen LogP) is 3.53. The Kier molecular flexibility index (Phi) is 3.98. The first kappa shape index (κ1) is 11.9. The third kappa shape index (κ3) is 3.45. The van der Waals surface area contributed by atoms with Crippen LogP contribution in [0.5, 0.6) is 0 Å². The second-order valence-corrected chi connectivity index (χ2v) is 4.51. The Morgan fingerprint density at radius 3 is 2.47 bits per heavy atom. The van der Waals surface area contributed by atoms with Gasteiger partial charge in [-0.1, -0.05) is 58.1 Å². The van der Waals surface area contributed by atoms with Crippen molar-refractivity contribution < 1.29 is 5.11 Å². The van der Waals surface area contributed by atoms with Crippen molar-refractivity contribution in [3.05, 3.63) is 70.2 Å². The molecule has 0 radical (unpaired) electrons. The molecule has 17 heavy (non-hydrogen) atoms. The fraction of sp³-hybridized carbons (Fsp3) is 0.0667. The summed E-state index contributed by atoms with van der Waals surface area (Å²) in [6, 6.07) is 17.1. The highest BCUT2D eigenvalue weighted by Crippen LogP contribution is 2.17. The maximum atomic E-state index is 9.91. The van der Waals surface area contributed by atoms with Crippen LogP contribution in [0.25, 0.3) is 0 Å². The fourth-order valence-corrected chi connectivity index (χ4v) is 1.85. The van der Waals surface area contributed by atoms with Crippen LogP contribution in [0, 0.1) is 11.8 Å². The van der Waals surface area contributed by atoms with Crippen LogP contribution in [-0.4, -0.2) is 5.11 Å². The summed E-state index contributed by atoms with van der Waals surface area (Å²) in [5.74, 6) is 5.77. The highest BCUT2D eigenvalue weighted by atomic mass is 79.9. The molecule has 1 atom stereocenters. The largest absolute Gasteiger partial charge is 0.376 e. The summed E-state index contributed by atoms with van der Waals surface area (Å²) in [5, 5.41) is 9.91. The molecule has 0 unspecified atom stereocenters. The summed E-state index contributed by atoms with van der Waals surface area (Å²) in [6.07, 6.45) is -0.757. The Balaban J connectivity index is 2.18. The number of benzene rings is 2. The Morgan fingerprint density at radius 2 is 1.76 bits per heavy atom. The van der Waals surface area contributed by atoms with Crippen LogP contribution in [0.1, 0.15) is 17.2 Å². The Morgan fingerprint density at radius 1 is 1.00 bits per heavy atom. The molecule has 0 heterocycles. The maximum absolute atomic E-state index is 9.91. The summed E-state index contributed by atoms with van der Waals surface area (Å²) < 4.78 is 0.940. The van der Waals surface area contributed by atoms with E-state index in [0.717, 1.165) is 15.6 Å². The molecule has 0 bridgehead atoms. The summed E-state index contributed by atoms with van der Waals surface area (Å²) in [4.78, 5) is 0. The molecule has 0 saturated heterocycles. The average molecular weight is 287 g/mol. The van der Waals surface area contributed by atoms with Crippen LogP contribution < -0.4 is 0 Å². The number of hydrogen-bond donors (Lipinski definition) is 1. The highest BCUT2D eigenvalue weighted by Gasteiger charge is 2.02. The van der Waals surface area contributed by atoms with E-state index in [1.165, 1.54) is 0 Å². The molecule has 84 valence electrons. The van der Waals surface area contributed by atoms with Gasteiger partial charge < -0.3 is 5.11 Å². The lowest BCUT2D eigenvalue weighted by Crippen LogP contribution is -1.93. The number of rotatable bonds is 1. The van der Waals surface area contributed by atoms with E-state index in [1.807, 2.05) is 54.6 Å². The lowest BCUT2D eigenvalue weighted by molar-refractivity contribution is 0.238. The molecule has 2 heteroatoms. The first-order valence-corrected chi connectivity index (χ1v) is 6.05. The van der Waals surface area contributed by atoms with E-state index in [2.05, 4.69) is 27.8 Å². The third-order valence-corrected chi connectivity index (χ3v) is 2.78. The molecule has 1 N–H and O–H groups in total. The van der Waals surface area contributed by atoms with Gasteiger partial charge in [-0.05, 0) is 29.8 Å². The second kappa shape index (κ2) is 5.67. The van der Waals surface area contributed by atoms with Crippen molar-refractivity contribution in [1.82, 2.24) is 0 Å². The van der Waals surface area contributed by atoms with Crippen LogP contribution in [0.2, 0.25) is 0 Å². The zero-order valence-electron chi connectivity index (χ0n) is 9.10. The first-order chi connectivity index (χ1) is 8.25. The molecular weight excluding hydrogens is 276 g/mol. The van der Waals surface area contributed by atoms with Gasteiger partial charge in [-0.2, -0.15) is 0 Å². The third-order valence-electron chi connectivity index (χ3n) is 2.29. The Bertz CT molecular complexity index is 552. The molecule has 0 aliphatic rings. The SMILES string of the molecule is O[C@@H](C#Cc1ccccc1)c1cccc(Br)c1. The minimum Gasteiger partial charge on any atom is -0.376 e. The zero-order valence-corrected chi connectivity index (χ0v) is 10.7. The molecule has 0 saturated carbocycles. The number of halogens is 1. The fourth-order valence-electron chi connectivity index (χ4n) is 1.43. The van der Waals surface area contributed by atoms with Crippen molar-refractivity contribution in [1.29, 1.82) is 0 Å². The topological polar surface area (TPSA) is 20.2 Å². The average Bonchev–Trinajstić information content (AvgIpc) is 2.37. The van der Waals surface area contributed by atoms with Gasteiger partial charge in [0.1, 0.15) is 6.10 Å². The minimum atomic E-state index is -0.757. The van der Waals surface area contributed by atoms with Gasteiger partial charge in [0.25, 0.3) is 0 Å². The van der Waals surface area contributed by atoms with Crippen molar-refractivity contribution in [2.24, 2.45) is 0 Å². The molecule has 0 aliphatic heterocycles. The molecule has 0 aromatic heterocycles. The van der Waals surface area contributed by atoms with E-state index in [1.54, 1.807) is 0 Å². The lowest BCUT2D eigenvalue weighted by Gasteiger charge is -2.03. The van der Waals surface area contributed by atoms with Gasteiger partial charge in [0.05, 0.1) is 0 Å². The van der Waals surface area contributed by atoms with E-state index < -0.39 is 6.10 Å². The number of hydrogen-bond acceptors (Lipinski definition) is 1. The predicted molar refractivity (Wildman–Crippen MR) is 72.4 cm³/mol. The molecule has 2 rings (SSSR count). The smallest absolute Gasteiger partial charge is 0.140 e. The molecule has 2 aromatic rings. The Labute approximate surface area is 109 Å². The van der Waals surface area contributed by atoms with Crippen LogP contribution in [0.15, 0.2) is 59.1 Å². The van der Waals surface area contributed by atoms with Crippen molar-refractivity contribution in [2.45, 2.75) is 6.10 Å². The van der Waals surface area contributed by atoms with Gasteiger partial charge in [-0.15, -0.1) is 0 Å². The van der Waals surface area contributed by atoms with Crippen LogP contribution >= 0.6 is 15.9 Å². The van der Waals surface area contributed by atoms with E-state index in [9.17, 15) is 5.11 Å². The van der Waals surface area contributed by atoms with Gasteiger partial charge in [-0.3, -0.25) is 0 Å². The van der Waals surface area contributed by atoms with Crippen molar-refractivity contribution in [3.8, 4) is 11.8 Å². The van der Waals surface area contributed by atoms with Crippen molar-refractivity contribution in [2.75, 3.05) is 0 Å². The molecule has 0 aliphatic carbocycles. The minimum absolute atomic E-state index is 0.757. The van der Waals surface area contributed by atoms with Crippen LogP contribution in [0.3, 0.4) is 0 Å². The summed E-state index contributed by atoms with van der Waals surface area (Å²) in [5.41, 5.74) is 1.70. The molecule has 2 aromatic carbocycles. The van der Waals surface area contributed by atoms with Crippen LogP contribution in [0.4, 0.5) is 0 Å². The Hall–Kier alpha value is -1.56. The molecular formula is C15H11BrO. The second-order valence-electron chi connectivity index (χ2n) is 3.59. The van der Waals surface area contributed by atoms with Crippen LogP contribution in [-0.2, 0) is 0 Å². The lowest BCUT2D eigenvalue weighted by atomic mass is 10.1. The van der Waals surface area contributed by atoms with Gasteiger partial charge in [0.15, 0.2) is 0 Å². The van der Waals surface area contributed by atoms with E-state index in [-0.39, 0.29) is 0 Å². The monoisotopic (exact) mass is 286 g/mol. The quantitative estimate of drug-likeness (QED) is 0.795. The van der Waals surface area contributed by atoms with Gasteiger partial charge in [-0.25, -0.2) is 0 Å². The van der Waals surface area contributed by atoms with E-state index in [0.29, 0.717) is 0 Å². The molecule has 1 nitrogen and oxygen atoms in total. The number of aliphatic hydroxyl groups excluding tert-OH is 1. The molecule has 0 fully saturated rings. The number of aliphatic hydroxyl groups is 1. The highest BCUT2D eigenvalue weighted by molar-refractivity contribution is 9.10. The van der Waals surface area contributed by atoms with Crippen molar-refractivity contribution in [3.63, 3.8) is 0 Å². The van der Waals surface area contributed by atoms with Crippen molar-refractivity contribution >= 4 is 15.9 Å². The summed E-state index contributed by atoms with van der Waals surface area (Å²) in [6.45, 7) is 0. The van der Waals surface area contributed by atoms with Gasteiger partial charge in [0, 0.05) is 10.0 Å². The van der Waals surface area contributed by atoms with Gasteiger partial charge >= 0.3 is 0 Å².